The number of hydrogen-bond acceptors (Lipinski definition) is 2. The van der Waals surface area contributed by atoms with Crippen LogP contribution in [0.1, 0.15) is 45.4 Å². The van der Waals surface area contributed by atoms with Crippen molar-refractivity contribution in [3.8, 4) is 0 Å². The minimum Gasteiger partial charge on any atom is -0.376 e. The first-order chi connectivity index (χ1) is 6.85. The fourth-order valence-corrected chi connectivity index (χ4v) is 2.79. The summed E-state index contributed by atoms with van der Waals surface area (Å²) in [5, 5.41) is 3.58. The second kappa shape index (κ2) is 4.63. The summed E-state index contributed by atoms with van der Waals surface area (Å²) >= 11 is 0. The lowest BCUT2D eigenvalue weighted by Gasteiger charge is -2.35. The number of ether oxygens (including phenoxy) is 1. The predicted molar refractivity (Wildman–Crippen MR) is 58.4 cm³/mol. The fourth-order valence-electron chi connectivity index (χ4n) is 2.79. The van der Waals surface area contributed by atoms with Gasteiger partial charge in [-0.2, -0.15) is 0 Å². The molecule has 0 radical (unpaired) electrons. The maximum Gasteiger partial charge on any atom is 0.0697 e. The van der Waals surface area contributed by atoms with Crippen molar-refractivity contribution in [3.05, 3.63) is 0 Å². The van der Waals surface area contributed by atoms with E-state index in [1.54, 1.807) is 0 Å². The Labute approximate surface area is 87.4 Å². The first-order valence-electron chi connectivity index (χ1n) is 6.17. The molecule has 2 fully saturated rings. The zero-order valence-corrected chi connectivity index (χ0v) is 9.35. The molecule has 2 nitrogen and oxygen atoms in total. The highest BCUT2D eigenvalue weighted by molar-refractivity contribution is 4.87. The summed E-state index contributed by atoms with van der Waals surface area (Å²) in [5.74, 6) is 0. The molecule has 1 heterocycles. The third kappa shape index (κ3) is 2.29. The molecule has 0 aromatic rings. The van der Waals surface area contributed by atoms with E-state index in [0.717, 1.165) is 19.6 Å². The molecule has 1 saturated carbocycles. The summed E-state index contributed by atoms with van der Waals surface area (Å²) in [6, 6.07) is 0. The van der Waals surface area contributed by atoms with Gasteiger partial charge in [-0.1, -0.05) is 26.2 Å². The van der Waals surface area contributed by atoms with Crippen LogP contribution in [-0.2, 0) is 4.74 Å². The number of nitrogens with one attached hydrogen (secondary N) is 1. The summed E-state index contributed by atoms with van der Waals surface area (Å²) in [6.45, 7) is 5.45. The van der Waals surface area contributed by atoms with E-state index < -0.39 is 0 Å². The largest absolute Gasteiger partial charge is 0.376 e. The second-order valence-electron chi connectivity index (χ2n) is 5.03. The average molecular weight is 197 g/mol. The molecule has 1 spiro atoms. The predicted octanol–water partition coefficient (Wildman–Crippen LogP) is 2.34. The van der Waals surface area contributed by atoms with Crippen LogP contribution in [0.15, 0.2) is 0 Å². The van der Waals surface area contributed by atoms with Crippen molar-refractivity contribution in [1.82, 2.24) is 5.32 Å². The van der Waals surface area contributed by atoms with Crippen LogP contribution in [0.4, 0.5) is 0 Å². The highest BCUT2D eigenvalue weighted by atomic mass is 16.5. The minimum absolute atomic E-state index is 0.455. The van der Waals surface area contributed by atoms with E-state index in [1.165, 1.54) is 38.6 Å². The molecular weight excluding hydrogens is 174 g/mol. The zero-order valence-electron chi connectivity index (χ0n) is 9.35. The van der Waals surface area contributed by atoms with Crippen LogP contribution in [0.25, 0.3) is 0 Å². The Morgan fingerprint density at radius 1 is 1.29 bits per heavy atom. The van der Waals surface area contributed by atoms with Crippen molar-refractivity contribution in [2.75, 3.05) is 19.7 Å². The summed E-state index contributed by atoms with van der Waals surface area (Å²) in [5.41, 5.74) is 0.488. The van der Waals surface area contributed by atoms with Gasteiger partial charge in [0.15, 0.2) is 0 Å². The quantitative estimate of drug-likeness (QED) is 0.696. The van der Waals surface area contributed by atoms with Gasteiger partial charge in [-0.05, 0) is 19.3 Å². The molecule has 1 N–H and O–H groups in total. The lowest BCUT2D eigenvalue weighted by molar-refractivity contribution is -0.00158. The van der Waals surface area contributed by atoms with Crippen molar-refractivity contribution >= 4 is 0 Å². The molecule has 1 aliphatic heterocycles. The molecule has 0 aromatic heterocycles. The Bertz CT molecular complexity index is 175. The van der Waals surface area contributed by atoms with Gasteiger partial charge < -0.3 is 10.1 Å². The molecule has 0 amide bonds. The Balaban J connectivity index is 1.92. The molecule has 0 bridgehead atoms. The third-order valence-electron chi connectivity index (χ3n) is 3.87. The van der Waals surface area contributed by atoms with Crippen LogP contribution in [0.3, 0.4) is 0 Å². The Hall–Kier alpha value is -0.0800. The van der Waals surface area contributed by atoms with E-state index in [0.29, 0.717) is 11.5 Å². The second-order valence-corrected chi connectivity index (χ2v) is 5.03. The summed E-state index contributed by atoms with van der Waals surface area (Å²) in [6.07, 6.45) is 8.58. The SMILES string of the molecule is CCC1CNCC2(CCCCC2)CO1. The molecule has 82 valence electrons. The van der Waals surface area contributed by atoms with Crippen molar-refractivity contribution in [1.29, 1.82) is 0 Å². The van der Waals surface area contributed by atoms with E-state index in [2.05, 4.69) is 12.2 Å². The maximum atomic E-state index is 5.98. The molecular formula is C12H23NO. The van der Waals surface area contributed by atoms with Crippen LogP contribution in [0, 0.1) is 5.41 Å². The van der Waals surface area contributed by atoms with Crippen LogP contribution in [0.5, 0.6) is 0 Å². The Kier molecular flexibility index (Phi) is 3.45. The number of hydrogen-bond donors (Lipinski definition) is 1. The smallest absolute Gasteiger partial charge is 0.0697 e. The molecule has 2 heteroatoms. The molecule has 2 aliphatic rings. The highest BCUT2D eigenvalue weighted by Gasteiger charge is 2.34. The first-order valence-corrected chi connectivity index (χ1v) is 6.17. The summed E-state index contributed by atoms with van der Waals surface area (Å²) in [7, 11) is 0. The topological polar surface area (TPSA) is 21.3 Å². The molecule has 1 atom stereocenters. The van der Waals surface area contributed by atoms with E-state index in [9.17, 15) is 0 Å². The van der Waals surface area contributed by atoms with Gasteiger partial charge in [0.2, 0.25) is 0 Å². The van der Waals surface area contributed by atoms with Crippen LogP contribution >= 0.6 is 0 Å². The minimum atomic E-state index is 0.455. The van der Waals surface area contributed by atoms with Crippen molar-refractivity contribution in [3.63, 3.8) is 0 Å². The Morgan fingerprint density at radius 3 is 2.79 bits per heavy atom. The lowest BCUT2D eigenvalue weighted by Crippen LogP contribution is -2.37. The summed E-state index contributed by atoms with van der Waals surface area (Å²) < 4.78 is 5.98. The lowest BCUT2D eigenvalue weighted by atomic mass is 9.75. The first kappa shape index (κ1) is 10.4. The monoisotopic (exact) mass is 197 g/mol. The van der Waals surface area contributed by atoms with E-state index in [4.69, 9.17) is 4.74 Å². The zero-order chi connectivity index (χ0) is 9.86. The van der Waals surface area contributed by atoms with E-state index in [1.807, 2.05) is 0 Å². The molecule has 1 saturated heterocycles. The van der Waals surface area contributed by atoms with Gasteiger partial charge in [-0.3, -0.25) is 0 Å². The van der Waals surface area contributed by atoms with Gasteiger partial charge in [0.1, 0.15) is 0 Å². The number of rotatable bonds is 1. The van der Waals surface area contributed by atoms with Gasteiger partial charge in [0.25, 0.3) is 0 Å². The standard InChI is InChI=1S/C12H23NO/c1-2-11-8-13-9-12(10-14-11)6-4-3-5-7-12/h11,13H,2-10H2,1H3. The third-order valence-corrected chi connectivity index (χ3v) is 3.87. The average Bonchev–Trinajstić information content (AvgIpc) is 2.42. The van der Waals surface area contributed by atoms with Crippen molar-refractivity contribution < 1.29 is 4.74 Å². The summed E-state index contributed by atoms with van der Waals surface area (Å²) in [4.78, 5) is 0. The van der Waals surface area contributed by atoms with E-state index in [-0.39, 0.29) is 0 Å². The molecule has 1 unspecified atom stereocenters. The van der Waals surface area contributed by atoms with Gasteiger partial charge in [-0.25, -0.2) is 0 Å². The van der Waals surface area contributed by atoms with Crippen LogP contribution in [-0.4, -0.2) is 25.8 Å². The molecule has 0 aromatic carbocycles. The van der Waals surface area contributed by atoms with Gasteiger partial charge in [0, 0.05) is 18.5 Å². The fraction of sp³-hybridized carbons (Fsp3) is 1.00. The van der Waals surface area contributed by atoms with E-state index >= 15 is 0 Å². The Morgan fingerprint density at radius 2 is 2.07 bits per heavy atom. The normalized spacial score (nSPS) is 32.8. The molecule has 1 aliphatic carbocycles. The van der Waals surface area contributed by atoms with Gasteiger partial charge in [-0.15, -0.1) is 0 Å². The maximum absolute atomic E-state index is 5.98. The van der Waals surface area contributed by atoms with Crippen LogP contribution in [0.2, 0.25) is 0 Å². The molecule has 14 heavy (non-hydrogen) atoms. The van der Waals surface area contributed by atoms with Crippen LogP contribution < -0.4 is 5.32 Å². The van der Waals surface area contributed by atoms with Crippen molar-refractivity contribution in [2.24, 2.45) is 5.41 Å². The highest BCUT2D eigenvalue weighted by Crippen LogP contribution is 2.37. The van der Waals surface area contributed by atoms with Crippen molar-refractivity contribution in [2.45, 2.75) is 51.6 Å². The van der Waals surface area contributed by atoms with Gasteiger partial charge >= 0.3 is 0 Å². The molecule has 2 rings (SSSR count). The van der Waals surface area contributed by atoms with Gasteiger partial charge in [0.05, 0.1) is 12.7 Å².